The number of hydrogen-bond donors (Lipinski definition) is 1. The van der Waals surface area contributed by atoms with Crippen molar-refractivity contribution >= 4 is 17.8 Å². The van der Waals surface area contributed by atoms with Gasteiger partial charge >= 0.3 is 6.01 Å². The molecule has 1 aromatic rings. The fourth-order valence-electron chi connectivity index (χ4n) is 2.02. The van der Waals surface area contributed by atoms with Crippen LogP contribution in [0.4, 0.5) is 11.9 Å². The molecule has 2 heterocycles. The predicted octanol–water partition coefficient (Wildman–Crippen LogP) is 0.369. The molecular formula is C13H22N6O2. The monoisotopic (exact) mass is 294 g/mol. The van der Waals surface area contributed by atoms with Crippen molar-refractivity contribution in [3.8, 4) is 6.01 Å². The molecule has 1 saturated heterocycles. The molecule has 1 fully saturated rings. The van der Waals surface area contributed by atoms with E-state index in [1.54, 1.807) is 11.9 Å². The fraction of sp³-hybridized carbons (Fsp3) is 0.692. The number of carbonyl (C=O) groups excluding carboxylic acids is 1. The second-order valence-electron chi connectivity index (χ2n) is 5.25. The van der Waals surface area contributed by atoms with E-state index in [0.29, 0.717) is 11.9 Å². The van der Waals surface area contributed by atoms with Gasteiger partial charge in [0.05, 0.1) is 12.6 Å². The first-order chi connectivity index (χ1) is 9.99. The number of anilines is 2. The maximum Gasteiger partial charge on any atom is 0.323 e. The summed E-state index contributed by atoms with van der Waals surface area (Å²) in [5.41, 5.74) is 0. The Morgan fingerprint density at radius 1 is 1.24 bits per heavy atom. The summed E-state index contributed by atoms with van der Waals surface area (Å²) in [4.78, 5) is 28.4. The molecule has 0 unspecified atom stereocenters. The average Bonchev–Trinajstić information content (AvgIpc) is 2.60. The highest BCUT2D eigenvalue weighted by Gasteiger charge is 2.22. The van der Waals surface area contributed by atoms with Crippen molar-refractivity contribution in [3.63, 3.8) is 0 Å². The van der Waals surface area contributed by atoms with E-state index in [-0.39, 0.29) is 24.6 Å². The molecule has 1 aromatic heterocycles. The van der Waals surface area contributed by atoms with Crippen molar-refractivity contribution in [2.24, 2.45) is 0 Å². The highest BCUT2D eigenvalue weighted by atomic mass is 16.5. The topological polar surface area (TPSA) is 83.5 Å². The average molecular weight is 294 g/mol. The third kappa shape index (κ3) is 3.93. The molecule has 8 heteroatoms. The molecule has 1 amide bonds. The zero-order valence-electron chi connectivity index (χ0n) is 13.0. The lowest BCUT2D eigenvalue weighted by Crippen LogP contribution is -2.35. The van der Waals surface area contributed by atoms with Crippen molar-refractivity contribution in [1.82, 2.24) is 19.9 Å². The Morgan fingerprint density at radius 2 is 2.00 bits per heavy atom. The lowest BCUT2D eigenvalue weighted by Gasteiger charge is -2.20. The highest BCUT2D eigenvalue weighted by Crippen LogP contribution is 2.17. The molecule has 21 heavy (non-hydrogen) atoms. The van der Waals surface area contributed by atoms with Crippen LogP contribution in [-0.2, 0) is 4.79 Å². The number of carbonyl (C=O) groups is 1. The molecule has 2 rings (SSSR count). The number of likely N-dealkylation sites (N-methyl/N-ethyl adjacent to an activating group) is 1. The number of amides is 1. The van der Waals surface area contributed by atoms with Crippen LogP contribution in [0.25, 0.3) is 0 Å². The summed E-state index contributed by atoms with van der Waals surface area (Å²) >= 11 is 0. The largest absolute Gasteiger partial charge is 0.461 e. The Kier molecular flexibility index (Phi) is 4.77. The van der Waals surface area contributed by atoms with Crippen molar-refractivity contribution < 1.29 is 9.53 Å². The molecule has 0 saturated carbocycles. The number of ether oxygens (including phenoxy) is 1. The highest BCUT2D eigenvalue weighted by molar-refractivity contribution is 5.81. The summed E-state index contributed by atoms with van der Waals surface area (Å²) < 4.78 is 5.54. The first kappa shape index (κ1) is 15.3. The normalized spacial score (nSPS) is 16.1. The molecule has 0 atom stereocenters. The van der Waals surface area contributed by atoms with Crippen LogP contribution in [0.15, 0.2) is 0 Å². The summed E-state index contributed by atoms with van der Waals surface area (Å²) in [6.07, 6.45) is 0.852. The fourth-order valence-corrected chi connectivity index (χ4v) is 2.02. The number of aromatic nitrogens is 3. The summed E-state index contributed by atoms with van der Waals surface area (Å²) in [6, 6.07) is 0.268. The van der Waals surface area contributed by atoms with Gasteiger partial charge in [0.15, 0.2) is 0 Å². The van der Waals surface area contributed by atoms with E-state index in [2.05, 4.69) is 20.3 Å². The van der Waals surface area contributed by atoms with Crippen molar-refractivity contribution in [3.05, 3.63) is 0 Å². The van der Waals surface area contributed by atoms with Gasteiger partial charge in [-0.15, -0.1) is 0 Å². The lowest BCUT2D eigenvalue weighted by molar-refractivity contribution is -0.127. The van der Waals surface area contributed by atoms with Gasteiger partial charge in [0, 0.05) is 27.2 Å². The molecule has 0 aliphatic carbocycles. The predicted molar refractivity (Wildman–Crippen MR) is 79.6 cm³/mol. The Bertz CT molecular complexity index is 507. The Balaban J connectivity index is 2.26. The van der Waals surface area contributed by atoms with E-state index in [1.165, 1.54) is 0 Å². The van der Waals surface area contributed by atoms with Gasteiger partial charge < -0.3 is 19.9 Å². The molecular weight excluding hydrogens is 272 g/mol. The van der Waals surface area contributed by atoms with Crippen molar-refractivity contribution in [1.29, 1.82) is 0 Å². The Morgan fingerprint density at radius 3 is 2.67 bits per heavy atom. The van der Waals surface area contributed by atoms with Gasteiger partial charge in [-0.3, -0.25) is 4.79 Å². The molecule has 0 radical (unpaired) electrons. The van der Waals surface area contributed by atoms with E-state index in [9.17, 15) is 4.79 Å². The first-order valence-corrected chi connectivity index (χ1v) is 7.09. The number of rotatable bonds is 4. The third-order valence-corrected chi connectivity index (χ3v) is 3.12. The maximum atomic E-state index is 12.0. The molecule has 0 bridgehead atoms. The van der Waals surface area contributed by atoms with E-state index in [1.807, 2.05) is 25.8 Å². The zero-order chi connectivity index (χ0) is 15.4. The van der Waals surface area contributed by atoms with Crippen LogP contribution >= 0.6 is 0 Å². The van der Waals surface area contributed by atoms with Crippen molar-refractivity contribution in [2.75, 3.05) is 43.9 Å². The quantitative estimate of drug-likeness (QED) is 0.858. The van der Waals surface area contributed by atoms with E-state index >= 15 is 0 Å². The molecule has 1 N–H and O–H groups in total. The van der Waals surface area contributed by atoms with Gasteiger partial charge in [-0.1, -0.05) is 0 Å². The van der Waals surface area contributed by atoms with Crippen LogP contribution in [0.3, 0.4) is 0 Å². The van der Waals surface area contributed by atoms with Crippen LogP contribution in [0, 0.1) is 0 Å². The number of nitrogens with zero attached hydrogens (tertiary/aromatic N) is 5. The minimum absolute atomic E-state index is 0.0261. The van der Waals surface area contributed by atoms with Gasteiger partial charge in [-0.2, -0.15) is 15.0 Å². The number of hydrogen-bond acceptors (Lipinski definition) is 7. The minimum Gasteiger partial charge on any atom is -0.461 e. The summed E-state index contributed by atoms with van der Waals surface area (Å²) in [5, 5.41) is 2.89. The molecule has 0 aromatic carbocycles. The van der Waals surface area contributed by atoms with Crippen molar-refractivity contribution in [2.45, 2.75) is 26.4 Å². The van der Waals surface area contributed by atoms with E-state index < -0.39 is 0 Å². The molecule has 1 aliphatic rings. The second-order valence-corrected chi connectivity index (χ2v) is 5.25. The van der Waals surface area contributed by atoms with Crippen LogP contribution < -0.4 is 15.0 Å². The Hall–Kier alpha value is -2.12. The minimum atomic E-state index is -0.0261. The smallest absolute Gasteiger partial charge is 0.323 e. The molecule has 116 valence electrons. The first-order valence-electron chi connectivity index (χ1n) is 7.09. The lowest BCUT2D eigenvalue weighted by atomic mass is 10.4. The van der Waals surface area contributed by atoms with Crippen LogP contribution in [-0.4, -0.2) is 65.6 Å². The van der Waals surface area contributed by atoms with Crippen LogP contribution in [0.1, 0.15) is 20.3 Å². The zero-order valence-corrected chi connectivity index (χ0v) is 13.0. The van der Waals surface area contributed by atoms with Gasteiger partial charge in [0.25, 0.3) is 0 Å². The number of nitrogens with one attached hydrogen (secondary N) is 1. The molecule has 8 nitrogen and oxygen atoms in total. The third-order valence-electron chi connectivity index (χ3n) is 3.12. The Labute approximate surface area is 124 Å². The van der Waals surface area contributed by atoms with Gasteiger partial charge in [-0.25, -0.2) is 0 Å². The SMILES string of the molecule is CNc1nc(OC(C)C)nc(N2CCCN(C)C(=O)C2)n1. The molecule has 1 aliphatic heterocycles. The second kappa shape index (κ2) is 6.55. The molecule has 0 spiro atoms. The maximum absolute atomic E-state index is 12.0. The van der Waals surface area contributed by atoms with Gasteiger partial charge in [0.1, 0.15) is 0 Å². The van der Waals surface area contributed by atoms with Gasteiger partial charge in [0.2, 0.25) is 17.8 Å². The van der Waals surface area contributed by atoms with E-state index in [0.717, 1.165) is 19.5 Å². The van der Waals surface area contributed by atoms with Gasteiger partial charge in [-0.05, 0) is 20.3 Å². The summed E-state index contributed by atoms with van der Waals surface area (Å²) in [5.74, 6) is 0.958. The van der Waals surface area contributed by atoms with E-state index in [4.69, 9.17) is 4.74 Å². The van der Waals surface area contributed by atoms with Crippen LogP contribution in [0.2, 0.25) is 0 Å². The summed E-state index contributed by atoms with van der Waals surface area (Å²) in [7, 11) is 3.55. The summed E-state index contributed by atoms with van der Waals surface area (Å²) in [6.45, 7) is 5.56. The van der Waals surface area contributed by atoms with Crippen LogP contribution in [0.5, 0.6) is 6.01 Å². The standard InChI is InChI=1S/C13H22N6O2/c1-9(2)21-13-16-11(14-3)15-12(17-13)19-7-5-6-18(4)10(20)8-19/h9H,5-8H2,1-4H3,(H,14,15,16,17).